The van der Waals surface area contributed by atoms with Gasteiger partial charge in [0.1, 0.15) is 6.04 Å². The van der Waals surface area contributed by atoms with Gasteiger partial charge in [-0.3, -0.25) is 4.79 Å². The van der Waals surface area contributed by atoms with Crippen LogP contribution in [-0.4, -0.2) is 42.1 Å². The molecule has 0 heterocycles. The first kappa shape index (κ1) is 17.1. The first-order valence-electron chi connectivity index (χ1n) is 7.25. The summed E-state index contributed by atoms with van der Waals surface area (Å²) < 4.78 is 4.86. The van der Waals surface area contributed by atoms with Crippen molar-refractivity contribution in [3.8, 4) is 0 Å². The zero-order valence-electron chi connectivity index (χ0n) is 12.7. The topological polar surface area (TPSA) is 46.6 Å². The highest BCUT2D eigenvalue weighted by molar-refractivity contribution is 8.13. The lowest BCUT2D eigenvalue weighted by molar-refractivity contribution is -0.145. The van der Waals surface area contributed by atoms with E-state index in [1.54, 1.807) is 7.05 Å². The molecule has 0 aromatic carbocycles. The third-order valence-corrected chi connectivity index (χ3v) is 4.65. The molecule has 4 nitrogen and oxygen atoms in total. The average Bonchev–Trinajstić information content (AvgIpc) is 2.49. The smallest absolute Gasteiger partial charge is 0.328 e. The predicted molar refractivity (Wildman–Crippen MR) is 82.9 cm³/mol. The number of likely N-dealkylation sites (N-methyl/N-ethyl adjacent to an activating group) is 1. The largest absolute Gasteiger partial charge is 0.467 e. The molecule has 0 radical (unpaired) electrons. The van der Waals surface area contributed by atoms with E-state index in [-0.39, 0.29) is 11.2 Å². The Morgan fingerprint density at radius 3 is 2.75 bits per heavy atom. The molecule has 1 aliphatic rings. The Labute approximate surface area is 125 Å². The third-order valence-electron chi connectivity index (χ3n) is 3.50. The van der Waals surface area contributed by atoms with Crippen molar-refractivity contribution in [2.75, 3.05) is 19.9 Å². The zero-order valence-corrected chi connectivity index (χ0v) is 13.5. The van der Waals surface area contributed by atoms with E-state index in [4.69, 9.17) is 4.74 Å². The van der Waals surface area contributed by atoms with Crippen LogP contribution in [0.5, 0.6) is 0 Å². The van der Waals surface area contributed by atoms with Gasteiger partial charge in [0, 0.05) is 12.8 Å². The van der Waals surface area contributed by atoms with Crippen LogP contribution in [0, 0.1) is 0 Å². The van der Waals surface area contributed by atoms with Crippen LogP contribution in [-0.2, 0) is 9.53 Å². The summed E-state index contributed by atoms with van der Waals surface area (Å²) >= 11 is 1.26. The molecule has 0 aromatic rings. The number of rotatable bonds is 6. The number of hydrogen-bond donors (Lipinski definition) is 0. The second-order valence-electron chi connectivity index (χ2n) is 5.08. The van der Waals surface area contributed by atoms with E-state index in [0.29, 0.717) is 6.42 Å². The van der Waals surface area contributed by atoms with Crippen LogP contribution in [0.2, 0.25) is 0 Å². The van der Waals surface area contributed by atoms with Crippen LogP contribution in [0.25, 0.3) is 0 Å². The van der Waals surface area contributed by atoms with Crippen molar-refractivity contribution in [3.63, 3.8) is 0 Å². The maximum atomic E-state index is 12.1. The Morgan fingerprint density at radius 2 is 2.20 bits per heavy atom. The first-order valence-corrected chi connectivity index (χ1v) is 8.24. The molecule has 1 amide bonds. The van der Waals surface area contributed by atoms with E-state index in [1.807, 2.05) is 6.92 Å². The van der Waals surface area contributed by atoms with Crippen LogP contribution in [0.3, 0.4) is 0 Å². The fraction of sp³-hybridized carbons (Fsp3) is 0.733. The number of nitrogens with zero attached hydrogens (tertiary/aromatic N) is 1. The molecule has 0 spiro atoms. The van der Waals surface area contributed by atoms with E-state index in [0.717, 1.165) is 25.0 Å². The number of hydrogen-bond acceptors (Lipinski definition) is 4. The molecule has 20 heavy (non-hydrogen) atoms. The number of esters is 1. The zero-order chi connectivity index (χ0) is 15.0. The number of carbonyl (C=O) groups excluding carboxylic acids is 2. The minimum Gasteiger partial charge on any atom is -0.467 e. The van der Waals surface area contributed by atoms with Gasteiger partial charge >= 0.3 is 5.97 Å². The molecule has 5 heteroatoms. The molecule has 0 saturated heterocycles. The third kappa shape index (κ3) is 5.19. The first-order chi connectivity index (χ1) is 9.60. The highest BCUT2D eigenvalue weighted by Gasteiger charge is 2.28. The standard InChI is InChI=1S/C15H25NO3S/c1-4-10-20-15(18)16(2)13(14(17)19-3)11-12-8-6-5-7-9-12/h8,13H,4-7,9-11H2,1-3H3/t13-/m0/s1. The highest BCUT2D eigenvalue weighted by atomic mass is 32.2. The van der Waals surface area contributed by atoms with Crippen molar-refractivity contribution < 1.29 is 14.3 Å². The minimum absolute atomic E-state index is 0.0568. The van der Waals surface area contributed by atoms with Gasteiger partial charge in [0.25, 0.3) is 5.24 Å². The molecule has 0 unspecified atom stereocenters. The predicted octanol–water partition coefficient (Wildman–Crippen LogP) is 3.61. The molecule has 0 bridgehead atoms. The van der Waals surface area contributed by atoms with Crippen LogP contribution in [0.1, 0.15) is 45.4 Å². The molecular formula is C15H25NO3S. The van der Waals surface area contributed by atoms with Gasteiger partial charge in [-0.25, -0.2) is 4.79 Å². The van der Waals surface area contributed by atoms with Crippen LogP contribution in [0.15, 0.2) is 11.6 Å². The molecule has 114 valence electrons. The Bertz CT molecular complexity index is 368. The summed E-state index contributed by atoms with van der Waals surface area (Å²) in [7, 11) is 3.07. The van der Waals surface area contributed by atoms with Crippen molar-refractivity contribution in [2.24, 2.45) is 0 Å². The van der Waals surface area contributed by atoms with Gasteiger partial charge in [-0.15, -0.1) is 0 Å². The van der Waals surface area contributed by atoms with Gasteiger partial charge in [0.2, 0.25) is 0 Å². The Balaban J connectivity index is 2.69. The van der Waals surface area contributed by atoms with Crippen molar-refractivity contribution in [2.45, 2.75) is 51.5 Å². The summed E-state index contributed by atoms with van der Waals surface area (Å²) in [5.41, 5.74) is 1.27. The van der Waals surface area contributed by atoms with Gasteiger partial charge in [-0.05, 0) is 38.5 Å². The maximum absolute atomic E-state index is 12.1. The number of allylic oxidation sites excluding steroid dienone is 1. The van der Waals surface area contributed by atoms with Crippen molar-refractivity contribution in [3.05, 3.63) is 11.6 Å². The molecule has 0 fully saturated rings. The lowest BCUT2D eigenvalue weighted by Gasteiger charge is -2.27. The second-order valence-corrected chi connectivity index (χ2v) is 6.12. The SMILES string of the molecule is CCCSC(=O)N(C)[C@@H](CC1=CCCCC1)C(=O)OC. The van der Waals surface area contributed by atoms with Gasteiger partial charge in [-0.2, -0.15) is 0 Å². The molecule has 1 aliphatic carbocycles. The van der Waals surface area contributed by atoms with E-state index in [1.165, 1.54) is 42.2 Å². The number of amides is 1. The Morgan fingerprint density at radius 1 is 1.45 bits per heavy atom. The van der Waals surface area contributed by atoms with E-state index in [9.17, 15) is 9.59 Å². The number of thioether (sulfide) groups is 1. The Kier molecular flexibility index (Phi) is 7.73. The molecule has 1 rings (SSSR count). The lowest BCUT2D eigenvalue weighted by Crippen LogP contribution is -2.41. The second kappa shape index (κ2) is 9.06. The molecule has 1 atom stereocenters. The van der Waals surface area contributed by atoms with E-state index in [2.05, 4.69) is 6.08 Å². The monoisotopic (exact) mass is 299 g/mol. The molecule has 0 aliphatic heterocycles. The summed E-state index contributed by atoms with van der Waals surface area (Å²) in [6.07, 6.45) is 8.23. The molecule has 0 saturated carbocycles. The number of ether oxygens (including phenoxy) is 1. The van der Waals surface area contributed by atoms with Gasteiger partial charge in [0.15, 0.2) is 0 Å². The summed E-state index contributed by atoms with van der Waals surface area (Å²) in [5, 5.41) is -0.0568. The summed E-state index contributed by atoms with van der Waals surface area (Å²) in [6.45, 7) is 2.03. The maximum Gasteiger partial charge on any atom is 0.328 e. The summed E-state index contributed by atoms with van der Waals surface area (Å²) in [6, 6.07) is -0.499. The van der Waals surface area contributed by atoms with Gasteiger partial charge in [0.05, 0.1) is 7.11 Å². The minimum atomic E-state index is -0.499. The molecule has 0 aromatic heterocycles. The average molecular weight is 299 g/mol. The van der Waals surface area contributed by atoms with Crippen LogP contribution in [0.4, 0.5) is 4.79 Å². The van der Waals surface area contributed by atoms with Crippen LogP contribution < -0.4 is 0 Å². The fourth-order valence-electron chi connectivity index (χ4n) is 2.27. The summed E-state index contributed by atoms with van der Waals surface area (Å²) in [5.74, 6) is 0.448. The van der Waals surface area contributed by atoms with Crippen molar-refractivity contribution in [1.82, 2.24) is 4.90 Å². The fourth-order valence-corrected chi connectivity index (χ4v) is 2.98. The lowest BCUT2D eigenvalue weighted by atomic mass is 9.94. The Hall–Kier alpha value is -0.970. The van der Waals surface area contributed by atoms with E-state index >= 15 is 0 Å². The van der Waals surface area contributed by atoms with Crippen LogP contribution >= 0.6 is 11.8 Å². The quantitative estimate of drug-likeness (QED) is 0.555. The van der Waals surface area contributed by atoms with Crippen molar-refractivity contribution in [1.29, 1.82) is 0 Å². The normalized spacial score (nSPS) is 16.2. The highest BCUT2D eigenvalue weighted by Crippen LogP contribution is 2.24. The number of methoxy groups -OCH3 is 1. The van der Waals surface area contributed by atoms with Crippen molar-refractivity contribution >= 4 is 23.0 Å². The number of carbonyl (C=O) groups is 2. The molecular weight excluding hydrogens is 274 g/mol. The van der Waals surface area contributed by atoms with Gasteiger partial charge in [-0.1, -0.05) is 30.3 Å². The van der Waals surface area contributed by atoms with Gasteiger partial charge < -0.3 is 9.64 Å². The summed E-state index contributed by atoms with van der Waals surface area (Å²) in [4.78, 5) is 25.5. The molecule has 0 N–H and O–H groups in total. The van der Waals surface area contributed by atoms with E-state index < -0.39 is 6.04 Å².